The van der Waals surface area contributed by atoms with Crippen molar-refractivity contribution < 1.29 is 13.2 Å². The van der Waals surface area contributed by atoms with Crippen LogP contribution in [0.2, 0.25) is 0 Å². The minimum atomic E-state index is -3.37. The number of benzene rings is 1. The van der Waals surface area contributed by atoms with Crippen LogP contribution in [0.4, 0.5) is 0 Å². The van der Waals surface area contributed by atoms with Crippen molar-refractivity contribution in [3.05, 3.63) is 35.9 Å². The smallest absolute Gasteiger partial charge is 0.236 e. The second-order valence-electron chi connectivity index (χ2n) is 8.68. The summed E-state index contributed by atoms with van der Waals surface area (Å²) in [5.41, 5.74) is 0.806. The molecule has 2 saturated heterocycles. The lowest BCUT2D eigenvalue weighted by Gasteiger charge is -2.31. The van der Waals surface area contributed by atoms with Crippen molar-refractivity contribution in [2.24, 2.45) is 5.92 Å². The van der Waals surface area contributed by atoms with Crippen molar-refractivity contribution >= 4 is 15.9 Å². The van der Waals surface area contributed by atoms with Crippen molar-refractivity contribution in [2.75, 3.05) is 39.8 Å². The average molecular weight is 422 g/mol. The van der Waals surface area contributed by atoms with Gasteiger partial charge in [-0.2, -0.15) is 0 Å². The van der Waals surface area contributed by atoms with Gasteiger partial charge in [-0.1, -0.05) is 37.3 Å². The van der Waals surface area contributed by atoms with Gasteiger partial charge in [0.2, 0.25) is 15.9 Å². The van der Waals surface area contributed by atoms with E-state index in [0.717, 1.165) is 44.0 Å². The molecule has 2 aliphatic rings. The number of piperidine rings is 1. The van der Waals surface area contributed by atoms with E-state index < -0.39 is 10.0 Å². The highest BCUT2D eigenvalue weighted by atomic mass is 32.2. The molecule has 7 heteroatoms. The van der Waals surface area contributed by atoms with Crippen LogP contribution in [-0.4, -0.2) is 74.2 Å². The molecule has 0 aromatic heterocycles. The van der Waals surface area contributed by atoms with Gasteiger partial charge < -0.3 is 4.90 Å². The largest absolute Gasteiger partial charge is 0.342 e. The van der Waals surface area contributed by atoms with Gasteiger partial charge in [-0.3, -0.25) is 9.69 Å². The van der Waals surface area contributed by atoms with Crippen LogP contribution in [0.25, 0.3) is 0 Å². The maximum Gasteiger partial charge on any atom is 0.236 e. The molecule has 29 heavy (non-hydrogen) atoms. The van der Waals surface area contributed by atoms with E-state index in [4.69, 9.17) is 0 Å². The van der Waals surface area contributed by atoms with Gasteiger partial charge in [0, 0.05) is 26.2 Å². The van der Waals surface area contributed by atoms with Gasteiger partial charge in [0.15, 0.2) is 0 Å². The van der Waals surface area contributed by atoms with Gasteiger partial charge >= 0.3 is 0 Å². The Bertz CT molecular complexity index is 761. The molecule has 2 fully saturated rings. The monoisotopic (exact) mass is 421 g/mol. The Morgan fingerprint density at radius 3 is 2.41 bits per heavy atom. The van der Waals surface area contributed by atoms with Crippen LogP contribution >= 0.6 is 0 Å². The second-order valence-corrected chi connectivity index (χ2v) is 10.7. The summed E-state index contributed by atoms with van der Waals surface area (Å²) in [5.74, 6) is 0.973. The third kappa shape index (κ3) is 6.27. The van der Waals surface area contributed by atoms with Crippen LogP contribution in [0, 0.1) is 5.92 Å². The van der Waals surface area contributed by atoms with Gasteiger partial charge in [0.05, 0.1) is 12.3 Å². The summed E-state index contributed by atoms with van der Waals surface area (Å²) in [6.07, 6.45) is 4.68. The van der Waals surface area contributed by atoms with E-state index >= 15 is 0 Å². The average Bonchev–Trinajstić information content (AvgIpc) is 2.96. The molecular weight excluding hydrogens is 386 g/mol. The van der Waals surface area contributed by atoms with Crippen LogP contribution < -0.4 is 0 Å². The Labute approximate surface area is 175 Å². The van der Waals surface area contributed by atoms with Gasteiger partial charge in [-0.25, -0.2) is 12.7 Å². The van der Waals surface area contributed by atoms with Gasteiger partial charge in [-0.15, -0.1) is 0 Å². The molecule has 2 heterocycles. The summed E-state index contributed by atoms with van der Waals surface area (Å²) >= 11 is 0. The summed E-state index contributed by atoms with van der Waals surface area (Å²) in [6, 6.07) is 9.27. The normalized spacial score (nSPS) is 22.6. The first kappa shape index (κ1) is 22.2. The molecule has 0 aliphatic carbocycles. The van der Waals surface area contributed by atoms with Gasteiger partial charge in [-0.05, 0) is 56.7 Å². The first-order chi connectivity index (χ1) is 13.8. The molecule has 6 nitrogen and oxygen atoms in total. The number of carbonyl (C=O) groups excluding carboxylic acids is 1. The van der Waals surface area contributed by atoms with E-state index in [-0.39, 0.29) is 17.7 Å². The van der Waals surface area contributed by atoms with Crippen molar-refractivity contribution in [3.63, 3.8) is 0 Å². The van der Waals surface area contributed by atoms with E-state index in [1.54, 1.807) is 11.4 Å². The SMILES string of the molecule is CC1CCN(CC(=O)N2CCC[C@H](N(C)S(=O)(=O)Cc3ccccc3)CC2)CC1. The third-order valence-electron chi connectivity index (χ3n) is 6.43. The zero-order chi connectivity index (χ0) is 20.9. The molecule has 0 bridgehead atoms. The highest BCUT2D eigenvalue weighted by Gasteiger charge is 2.30. The van der Waals surface area contributed by atoms with E-state index in [2.05, 4.69) is 11.8 Å². The summed E-state index contributed by atoms with van der Waals surface area (Å²) in [5, 5.41) is 0. The number of nitrogens with zero attached hydrogens (tertiary/aromatic N) is 3. The molecule has 0 radical (unpaired) electrons. The number of likely N-dealkylation sites (tertiary alicyclic amines) is 2. The Hall–Kier alpha value is -1.44. The molecule has 2 aliphatic heterocycles. The molecule has 1 aromatic rings. The Morgan fingerprint density at radius 2 is 1.72 bits per heavy atom. The zero-order valence-electron chi connectivity index (χ0n) is 17.8. The molecule has 0 N–H and O–H groups in total. The second kappa shape index (κ2) is 10.0. The Balaban J connectivity index is 1.52. The topological polar surface area (TPSA) is 60.9 Å². The fourth-order valence-corrected chi connectivity index (χ4v) is 5.80. The summed E-state index contributed by atoms with van der Waals surface area (Å²) in [4.78, 5) is 17.0. The molecule has 1 aromatic carbocycles. The molecule has 0 saturated carbocycles. The van der Waals surface area contributed by atoms with Gasteiger partial charge in [0.1, 0.15) is 0 Å². The standard InChI is InChI=1S/C22H35N3O3S/c1-19-10-14-24(15-11-19)17-22(26)25-13-6-9-21(12-16-25)23(2)29(27,28)18-20-7-4-3-5-8-20/h3-5,7-8,19,21H,6,9-18H2,1-2H3/t21-/m0/s1. The maximum atomic E-state index is 12.9. The quantitative estimate of drug-likeness (QED) is 0.708. The summed E-state index contributed by atoms with van der Waals surface area (Å²) in [7, 11) is -1.68. The van der Waals surface area contributed by atoms with Gasteiger partial charge in [0.25, 0.3) is 0 Å². The Morgan fingerprint density at radius 1 is 1.03 bits per heavy atom. The van der Waals surface area contributed by atoms with Crippen LogP contribution in [0.1, 0.15) is 44.6 Å². The first-order valence-corrected chi connectivity index (χ1v) is 12.5. The van der Waals surface area contributed by atoms with Crippen LogP contribution in [0.15, 0.2) is 30.3 Å². The number of amides is 1. The maximum absolute atomic E-state index is 12.9. The third-order valence-corrected chi connectivity index (χ3v) is 8.30. The molecule has 1 amide bonds. The van der Waals surface area contributed by atoms with Crippen LogP contribution in [-0.2, 0) is 20.6 Å². The molecule has 162 valence electrons. The molecular formula is C22H35N3O3S. The first-order valence-electron chi connectivity index (χ1n) is 10.8. The van der Waals surface area contributed by atoms with Crippen LogP contribution in [0.5, 0.6) is 0 Å². The minimum Gasteiger partial charge on any atom is -0.342 e. The van der Waals surface area contributed by atoms with E-state index in [0.29, 0.717) is 19.5 Å². The van der Waals surface area contributed by atoms with Crippen molar-refractivity contribution in [1.29, 1.82) is 0 Å². The number of sulfonamides is 1. The Kier molecular flexibility index (Phi) is 7.71. The van der Waals surface area contributed by atoms with E-state index in [9.17, 15) is 13.2 Å². The molecule has 3 rings (SSSR count). The minimum absolute atomic E-state index is 0.0247. The van der Waals surface area contributed by atoms with Crippen molar-refractivity contribution in [1.82, 2.24) is 14.1 Å². The number of hydrogen-bond donors (Lipinski definition) is 0. The lowest BCUT2D eigenvalue weighted by Crippen LogP contribution is -2.44. The van der Waals surface area contributed by atoms with E-state index in [1.807, 2.05) is 35.2 Å². The summed E-state index contributed by atoms with van der Waals surface area (Å²) < 4.78 is 27.3. The predicted molar refractivity (Wildman–Crippen MR) is 116 cm³/mol. The van der Waals surface area contributed by atoms with Crippen LogP contribution in [0.3, 0.4) is 0 Å². The summed E-state index contributed by atoms with van der Waals surface area (Å²) in [6.45, 7) is 6.15. The van der Waals surface area contributed by atoms with E-state index in [1.165, 1.54) is 12.8 Å². The fourth-order valence-electron chi connectivity index (χ4n) is 4.32. The van der Waals surface area contributed by atoms with Crippen molar-refractivity contribution in [2.45, 2.75) is 50.8 Å². The zero-order valence-corrected chi connectivity index (χ0v) is 18.6. The predicted octanol–water partition coefficient (Wildman–Crippen LogP) is 2.56. The lowest BCUT2D eigenvalue weighted by molar-refractivity contribution is -0.132. The van der Waals surface area contributed by atoms with Crippen molar-refractivity contribution in [3.8, 4) is 0 Å². The molecule has 0 unspecified atom stereocenters. The number of rotatable bonds is 6. The number of carbonyl (C=O) groups is 1. The highest BCUT2D eigenvalue weighted by molar-refractivity contribution is 7.88. The lowest BCUT2D eigenvalue weighted by atomic mass is 9.99. The molecule has 1 atom stereocenters. The molecule has 0 spiro atoms. The highest BCUT2D eigenvalue weighted by Crippen LogP contribution is 2.21. The fraction of sp³-hybridized carbons (Fsp3) is 0.682. The number of hydrogen-bond acceptors (Lipinski definition) is 4.